The zero-order valence-electron chi connectivity index (χ0n) is 11.3. The highest BCUT2D eigenvalue weighted by molar-refractivity contribution is 5.81. The number of hydrogen-bond acceptors (Lipinski definition) is 3. The standard InChI is InChI=1S/C14H25NO2/c1-10-4-5-14(16)13(6-10)9-15-7-11(2)17-12(3)8-15/h10-13H,4-9H2,1-3H3/t10?,11-,12+,13?. The van der Waals surface area contributed by atoms with Crippen molar-refractivity contribution in [2.45, 2.75) is 52.2 Å². The Morgan fingerprint density at radius 3 is 2.53 bits per heavy atom. The van der Waals surface area contributed by atoms with Crippen molar-refractivity contribution in [2.75, 3.05) is 19.6 Å². The van der Waals surface area contributed by atoms with Crippen LogP contribution in [0, 0.1) is 11.8 Å². The van der Waals surface area contributed by atoms with Gasteiger partial charge in [-0.15, -0.1) is 0 Å². The van der Waals surface area contributed by atoms with Crippen LogP contribution in [0.3, 0.4) is 0 Å². The summed E-state index contributed by atoms with van der Waals surface area (Å²) in [5, 5.41) is 0. The molecule has 0 aromatic rings. The first-order valence-electron chi connectivity index (χ1n) is 6.95. The van der Waals surface area contributed by atoms with E-state index in [1.165, 1.54) is 0 Å². The van der Waals surface area contributed by atoms with Crippen molar-refractivity contribution in [2.24, 2.45) is 11.8 Å². The highest BCUT2D eigenvalue weighted by Gasteiger charge is 2.30. The van der Waals surface area contributed by atoms with Crippen molar-refractivity contribution in [3.05, 3.63) is 0 Å². The molecule has 2 fully saturated rings. The van der Waals surface area contributed by atoms with Crippen LogP contribution in [-0.2, 0) is 9.53 Å². The van der Waals surface area contributed by atoms with Gasteiger partial charge in [0.05, 0.1) is 12.2 Å². The molecular formula is C14H25NO2. The molecule has 0 aromatic carbocycles. The monoisotopic (exact) mass is 239 g/mol. The fourth-order valence-electron chi connectivity index (χ4n) is 3.25. The van der Waals surface area contributed by atoms with Crippen LogP contribution in [0.4, 0.5) is 0 Å². The third kappa shape index (κ3) is 3.52. The van der Waals surface area contributed by atoms with Gasteiger partial charge < -0.3 is 4.74 Å². The number of hydrogen-bond donors (Lipinski definition) is 0. The molecule has 1 heterocycles. The lowest BCUT2D eigenvalue weighted by atomic mass is 9.81. The topological polar surface area (TPSA) is 29.5 Å². The summed E-state index contributed by atoms with van der Waals surface area (Å²) in [4.78, 5) is 14.3. The van der Waals surface area contributed by atoms with Gasteiger partial charge in [-0.05, 0) is 32.6 Å². The molecular weight excluding hydrogens is 214 g/mol. The van der Waals surface area contributed by atoms with E-state index >= 15 is 0 Å². The molecule has 2 aliphatic rings. The first-order valence-corrected chi connectivity index (χ1v) is 6.95. The van der Waals surface area contributed by atoms with Crippen LogP contribution in [0.2, 0.25) is 0 Å². The Hall–Kier alpha value is -0.410. The summed E-state index contributed by atoms with van der Waals surface area (Å²) in [6, 6.07) is 0. The molecule has 2 unspecified atom stereocenters. The maximum atomic E-state index is 11.9. The van der Waals surface area contributed by atoms with E-state index in [2.05, 4.69) is 25.7 Å². The molecule has 2 rings (SSSR count). The number of ether oxygens (including phenoxy) is 1. The third-order valence-corrected chi connectivity index (χ3v) is 4.00. The number of carbonyl (C=O) groups is 1. The number of nitrogens with zero attached hydrogens (tertiary/aromatic N) is 1. The lowest BCUT2D eigenvalue weighted by molar-refractivity contribution is -0.128. The van der Waals surface area contributed by atoms with E-state index in [1.54, 1.807) is 0 Å². The Labute approximate surface area is 105 Å². The number of ketones is 1. The molecule has 0 aromatic heterocycles. The van der Waals surface area contributed by atoms with Gasteiger partial charge >= 0.3 is 0 Å². The molecule has 0 spiro atoms. The molecule has 0 N–H and O–H groups in total. The Balaban J connectivity index is 1.88. The van der Waals surface area contributed by atoms with E-state index in [9.17, 15) is 4.79 Å². The van der Waals surface area contributed by atoms with Crippen LogP contribution in [-0.4, -0.2) is 42.5 Å². The minimum atomic E-state index is 0.274. The summed E-state index contributed by atoms with van der Waals surface area (Å²) in [6.45, 7) is 9.40. The van der Waals surface area contributed by atoms with Crippen LogP contribution in [0.1, 0.15) is 40.0 Å². The maximum Gasteiger partial charge on any atom is 0.137 e. The van der Waals surface area contributed by atoms with Crippen LogP contribution < -0.4 is 0 Å². The first kappa shape index (κ1) is 13.0. The van der Waals surface area contributed by atoms with Crippen LogP contribution >= 0.6 is 0 Å². The first-order chi connectivity index (χ1) is 8.04. The van der Waals surface area contributed by atoms with E-state index in [0.717, 1.165) is 38.9 Å². The summed E-state index contributed by atoms with van der Waals surface area (Å²) in [5.74, 6) is 1.47. The maximum absolute atomic E-state index is 11.9. The zero-order chi connectivity index (χ0) is 12.4. The minimum absolute atomic E-state index is 0.274. The Kier molecular flexibility index (Phi) is 4.21. The predicted molar refractivity (Wildman–Crippen MR) is 68.0 cm³/mol. The molecule has 4 atom stereocenters. The Morgan fingerprint density at radius 1 is 1.24 bits per heavy atom. The Morgan fingerprint density at radius 2 is 1.88 bits per heavy atom. The molecule has 98 valence electrons. The van der Waals surface area contributed by atoms with E-state index in [-0.39, 0.29) is 5.92 Å². The molecule has 1 saturated carbocycles. The van der Waals surface area contributed by atoms with Gasteiger partial charge in [0.2, 0.25) is 0 Å². The van der Waals surface area contributed by atoms with Gasteiger partial charge in [-0.1, -0.05) is 6.92 Å². The number of rotatable bonds is 2. The molecule has 0 bridgehead atoms. The quantitative estimate of drug-likeness (QED) is 0.739. The van der Waals surface area contributed by atoms with Crippen LogP contribution in [0.25, 0.3) is 0 Å². The molecule has 0 amide bonds. The van der Waals surface area contributed by atoms with Gasteiger partial charge in [0.25, 0.3) is 0 Å². The molecule has 3 heteroatoms. The van der Waals surface area contributed by atoms with Gasteiger partial charge in [0, 0.05) is 32.0 Å². The van der Waals surface area contributed by atoms with Crippen molar-refractivity contribution in [3.8, 4) is 0 Å². The summed E-state index contributed by atoms with van der Waals surface area (Å²) < 4.78 is 5.73. The second-order valence-corrected chi connectivity index (χ2v) is 6.02. The highest BCUT2D eigenvalue weighted by atomic mass is 16.5. The zero-order valence-corrected chi connectivity index (χ0v) is 11.3. The number of morpholine rings is 1. The number of carbonyl (C=O) groups excluding carboxylic acids is 1. The van der Waals surface area contributed by atoms with Crippen LogP contribution in [0.15, 0.2) is 0 Å². The van der Waals surface area contributed by atoms with Crippen molar-refractivity contribution >= 4 is 5.78 Å². The van der Waals surface area contributed by atoms with Gasteiger partial charge in [-0.3, -0.25) is 9.69 Å². The average Bonchev–Trinajstić information content (AvgIpc) is 2.22. The average molecular weight is 239 g/mol. The molecule has 3 nitrogen and oxygen atoms in total. The summed E-state index contributed by atoms with van der Waals surface area (Å²) >= 11 is 0. The summed E-state index contributed by atoms with van der Waals surface area (Å²) in [7, 11) is 0. The Bertz CT molecular complexity index is 269. The van der Waals surface area contributed by atoms with Crippen molar-refractivity contribution in [3.63, 3.8) is 0 Å². The fourth-order valence-corrected chi connectivity index (χ4v) is 3.25. The van der Waals surface area contributed by atoms with Crippen LogP contribution in [0.5, 0.6) is 0 Å². The lowest BCUT2D eigenvalue weighted by Gasteiger charge is -2.38. The van der Waals surface area contributed by atoms with E-state index < -0.39 is 0 Å². The van der Waals surface area contributed by atoms with Gasteiger partial charge in [-0.25, -0.2) is 0 Å². The molecule has 1 saturated heterocycles. The highest BCUT2D eigenvalue weighted by Crippen LogP contribution is 2.27. The second-order valence-electron chi connectivity index (χ2n) is 6.02. The predicted octanol–water partition coefficient (Wildman–Crippen LogP) is 2.10. The molecule has 1 aliphatic carbocycles. The molecule has 0 radical (unpaired) electrons. The van der Waals surface area contributed by atoms with E-state index in [1.807, 2.05) is 0 Å². The van der Waals surface area contributed by atoms with Crippen molar-refractivity contribution in [1.29, 1.82) is 0 Å². The third-order valence-electron chi connectivity index (χ3n) is 4.00. The number of Topliss-reactive ketones (excluding diaryl/α,β-unsaturated/α-hetero) is 1. The van der Waals surface area contributed by atoms with Crippen molar-refractivity contribution < 1.29 is 9.53 Å². The van der Waals surface area contributed by atoms with Gasteiger partial charge in [-0.2, -0.15) is 0 Å². The minimum Gasteiger partial charge on any atom is -0.373 e. The normalized spacial score (nSPS) is 40.5. The van der Waals surface area contributed by atoms with Gasteiger partial charge in [0.1, 0.15) is 5.78 Å². The SMILES string of the molecule is CC1CCC(=O)C(CN2C[C@@H](C)O[C@@H](C)C2)C1. The van der Waals surface area contributed by atoms with Crippen molar-refractivity contribution in [1.82, 2.24) is 4.90 Å². The second kappa shape index (κ2) is 5.49. The summed E-state index contributed by atoms with van der Waals surface area (Å²) in [6.07, 6.45) is 3.57. The molecule has 17 heavy (non-hydrogen) atoms. The van der Waals surface area contributed by atoms with Gasteiger partial charge in [0.15, 0.2) is 0 Å². The molecule has 1 aliphatic heterocycles. The lowest BCUT2D eigenvalue weighted by Crippen LogP contribution is -2.48. The van der Waals surface area contributed by atoms with E-state index in [0.29, 0.717) is 23.9 Å². The fraction of sp³-hybridized carbons (Fsp3) is 0.929. The largest absolute Gasteiger partial charge is 0.373 e. The van der Waals surface area contributed by atoms with E-state index in [4.69, 9.17) is 4.74 Å². The summed E-state index contributed by atoms with van der Waals surface area (Å²) in [5.41, 5.74) is 0. The smallest absolute Gasteiger partial charge is 0.137 e.